The Bertz CT molecular complexity index is 350. The van der Waals surface area contributed by atoms with Crippen molar-refractivity contribution in [2.24, 2.45) is 11.1 Å². The van der Waals surface area contributed by atoms with Gasteiger partial charge in [-0.1, -0.05) is 20.3 Å². The zero-order chi connectivity index (χ0) is 14.8. The van der Waals surface area contributed by atoms with E-state index in [0.29, 0.717) is 11.5 Å². The summed E-state index contributed by atoms with van der Waals surface area (Å²) in [4.78, 5) is 14.4. The molecular weight excluding hydrogens is 250 g/mol. The molecule has 1 aliphatic carbocycles. The third kappa shape index (κ3) is 3.01. The fourth-order valence-electron chi connectivity index (χ4n) is 3.91. The van der Waals surface area contributed by atoms with Gasteiger partial charge in [-0.25, -0.2) is 0 Å². The Balaban J connectivity index is 1.98. The topological polar surface area (TPSA) is 58.4 Å². The van der Waals surface area contributed by atoms with Crippen molar-refractivity contribution in [3.63, 3.8) is 0 Å². The highest BCUT2D eigenvalue weighted by atomic mass is 16.1. The van der Waals surface area contributed by atoms with E-state index in [-0.39, 0.29) is 5.91 Å². The van der Waals surface area contributed by atoms with Crippen LogP contribution >= 0.6 is 0 Å². The molecule has 0 aromatic rings. The highest BCUT2D eigenvalue weighted by Gasteiger charge is 2.42. The van der Waals surface area contributed by atoms with Crippen LogP contribution in [0.5, 0.6) is 0 Å². The number of carbonyl (C=O) groups excluding carboxylic acids is 1. The smallest absolute Gasteiger partial charge is 0.237 e. The van der Waals surface area contributed by atoms with Crippen molar-refractivity contribution in [1.82, 2.24) is 10.2 Å². The molecular formula is C16H31N3O. The van der Waals surface area contributed by atoms with Crippen molar-refractivity contribution in [2.45, 2.75) is 70.4 Å². The normalized spacial score (nSPS) is 34.9. The molecule has 2 fully saturated rings. The second-order valence-electron chi connectivity index (χ2n) is 7.15. The molecule has 20 heavy (non-hydrogen) atoms. The molecule has 1 saturated heterocycles. The molecule has 2 rings (SSSR count). The number of piperidine rings is 1. The van der Waals surface area contributed by atoms with Crippen molar-refractivity contribution in [3.05, 3.63) is 0 Å². The quantitative estimate of drug-likeness (QED) is 0.827. The second kappa shape index (κ2) is 6.02. The molecule has 116 valence electrons. The number of nitrogens with one attached hydrogen (secondary N) is 1. The standard InChI is InChI=1S/C16H31N3O/c1-4-15(2)8-10-19(11-9-15)13-6-5-7-16(12-13,18-3)14(17)20/h13,18H,4-12H2,1-3H3,(H2,17,20). The van der Waals surface area contributed by atoms with Gasteiger partial charge in [-0.05, 0) is 64.1 Å². The highest BCUT2D eigenvalue weighted by molar-refractivity contribution is 5.84. The maximum absolute atomic E-state index is 11.8. The van der Waals surface area contributed by atoms with Crippen LogP contribution in [-0.2, 0) is 4.79 Å². The van der Waals surface area contributed by atoms with Crippen LogP contribution in [0.2, 0.25) is 0 Å². The summed E-state index contributed by atoms with van der Waals surface area (Å²) in [5.74, 6) is -0.180. The fraction of sp³-hybridized carbons (Fsp3) is 0.938. The lowest BCUT2D eigenvalue weighted by molar-refractivity contribution is -0.126. The minimum absolute atomic E-state index is 0.180. The highest BCUT2D eigenvalue weighted by Crippen LogP contribution is 2.38. The van der Waals surface area contributed by atoms with Crippen molar-refractivity contribution >= 4 is 5.91 Å². The van der Waals surface area contributed by atoms with Gasteiger partial charge in [-0.15, -0.1) is 0 Å². The number of primary amides is 1. The maximum atomic E-state index is 11.8. The first-order chi connectivity index (χ1) is 9.45. The molecule has 2 atom stereocenters. The second-order valence-corrected chi connectivity index (χ2v) is 7.15. The largest absolute Gasteiger partial charge is 0.368 e. The Morgan fingerprint density at radius 1 is 1.35 bits per heavy atom. The van der Waals surface area contributed by atoms with E-state index in [4.69, 9.17) is 5.73 Å². The van der Waals surface area contributed by atoms with Gasteiger partial charge in [-0.3, -0.25) is 4.79 Å². The van der Waals surface area contributed by atoms with E-state index in [1.165, 1.54) is 38.8 Å². The molecule has 0 aromatic carbocycles. The van der Waals surface area contributed by atoms with E-state index in [9.17, 15) is 4.79 Å². The van der Waals surface area contributed by atoms with E-state index in [2.05, 4.69) is 24.1 Å². The minimum Gasteiger partial charge on any atom is -0.368 e. The van der Waals surface area contributed by atoms with Gasteiger partial charge in [0.2, 0.25) is 5.91 Å². The monoisotopic (exact) mass is 281 g/mol. The summed E-state index contributed by atoms with van der Waals surface area (Å²) in [6.07, 6.45) is 7.90. The fourth-order valence-corrected chi connectivity index (χ4v) is 3.91. The van der Waals surface area contributed by atoms with Gasteiger partial charge >= 0.3 is 0 Å². The Morgan fingerprint density at radius 2 is 2.00 bits per heavy atom. The van der Waals surface area contributed by atoms with Gasteiger partial charge in [0.05, 0.1) is 5.54 Å². The minimum atomic E-state index is -0.478. The molecule has 4 nitrogen and oxygen atoms in total. The molecule has 1 aliphatic heterocycles. The maximum Gasteiger partial charge on any atom is 0.237 e. The Hall–Kier alpha value is -0.610. The van der Waals surface area contributed by atoms with Gasteiger partial charge in [-0.2, -0.15) is 0 Å². The summed E-state index contributed by atoms with van der Waals surface area (Å²) in [5.41, 5.74) is 5.69. The third-order valence-corrected chi connectivity index (χ3v) is 6.05. The molecule has 0 spiro atoms. The first-order valence-electron chi connectivity index (χ1n) is 8.17. The van der Waals surface area contributed by atoms with Gasteiger partial charge < -0.3 is 16.0 Å². The van der Waals surface area contributed by atoms with Crippen molar-refractivity contribution in [1.29, 1.82) is 0 Å². The zero-order valence-electron chi connectivity index (χ0n) is 13.4. The van der Waals surface area contributed by atoms with E-state index in [0.717, 1.165) is 19.3 Å². The summed E-state index contributed by atoms with van der Waals surface area (Å²) in [5, 5.41) is 3.21. The van der Waals surface area contributed by atoms with Gasteiger partial charge in [0, 0.05) is 6.04 Å². The number of hydrogen-bond donors (Lipinski definition) is 2. The average Bonchev–Trinajstić information content (AvgIpc) is 2.48. The van der Waals surface area contributed by atoms with Crippen LogP contribution in [0.1, 0.15) is 58.8 Å². The van der Waals surface area contributed by atoms with Crippen LogP contribution in [0.4, 0.5) is 0 Å². The van der Waals surface area contributed by atoms with Gasteiger partial charge in [0.15, 0.2) is 0 Å². The van der Waals surface area contributed by atoms with E-state index < -0.39 is 5.54 Å². The van der Waals surface area contributed by atoms with E-state index in [1.807, 2.05) is 7.05 Å². The van der Waals surface area contributed by atoms with Crippen LogP contribution in [0, 0.1) is 5.41 Å². The number of nitrogens with two attached hydrogens (primary N) is 1. The molecule has 0 aromatic heterocycles. The molecule has 1 saturated carbocycles. The zero-order valence-corrected chi connectivity index (χ0v) is 13.4. The van der Waals surface area contributed by atoms with Crippen LogP contribution in [0.3, 0.4) is 0 Å². The van der Waals surface area contributed by atoms with Crippen LogP contribution in [-0.4, -0.2) is 42.5 Å². The lowest BCUT2D eigenvalue weighted by Crippen LogP contribution is -2.60. The molecule has 2 unspecified atom stereocenters. The van der Waals surface area contributed by atoms with Crippen molar-refractivity contribution < 1.29 is 4.79 Å². The Morgan fingerprint density at radius 3 is 2.50 bits per heavy atom. The summed E-state index contributed by atoms with van der Waals surface area (Å²) in [6, 6.07) is 0.519. The first kappa shape index (κ1) is 15.8. The summed E-state index contributed by atoms with van der Waals surface area (Å²) in [7, 11) is 1.87. The number of likely N-dealkylation sites (tertiary alicyclic amines) is 1. The van der Waals surface area contributed by atoms with Crippen molar-refractivity contribution in [3.8, 4) is 0 Å². The van der Waals surface area contributed by atoms with Gasteiger partial charge in [0.1, 0.15) is 0 Å². The lowest BCUT2D eigenvalue weighted by atomic mass is 9.75. The Labute approximate surface area is 123 Å². The Kier molecular flexibility index (Phi) is 4.75. The predicted octanol–water partition coefficient (Wildman–Crippen LogP) is 1.88. The molecule has 4 heteroatoms. The van der Waals surface area contributed by atoms with Crippen LogP contribution < -0.4 is 11.1 Å². The average molecular weight is 281 g/mol. The molecule has 2 aliphatic rings. The molecule has 1 heterocycles. The predicted molar refractivity (Wildman–Crippen MR) is 82.4 cm³/mol. The number of hydrogen-bond acceptors (Lipinski definition) is 3. The summed E-state index contributed by atoms with van der Waals surface area (Å²) < 4.78 is 0. The number of nitrogens with zero attached hydrogens (tertiary/aromatic N) is 1. The van der Waals surface area contributed by atoms with Crippen LogP contribution in [0.25, 0.3) is 0 Å². The molecule has 0 bridgehead atoms. The summed E-state index contributed by atoms with van der Waals surface area (Å²) in [6.45, 7) is 7.06. The van der Waals surface area contributed by atoms with Crippen LogP contribution in [0.15, 0.2) is 0 Å². The number of amides is 1. The molecule has 0 radical (unpaired) electrons. The lowest BCUT2D eigenvalue weighted by Gasteiger charge is -2.47. The SMILES string of the molecule is CCC1(C)CCN(C2CCCC(NC)(C(N)=O)C2)CC1. The number of rotatable bonds is 4. The molecule has 3 N–H and O–H groups in total. The van der Waals surface area contributed by atoms with Gasteiger partial charge in [0.25, 0.3) is 0 Å². The number of carbonyl (C=O) groups is 1. The third-order valence-electron chi connectivity index (χ3n) is 6.05. The molecule has 1 amide bonds. The van der Waals surface area contributed by atoms with E-state index >= 15 is 0 Å². The first-order valence-corrected chi connectivity index (χ1v) is 8.17. The van der Waals surface area contributed by atoms with Crippen molar-refractivity contribution in [2.75, 3.05) is 20.1 Å². The van der Waals surface area contributed by atoms with E-state index in [1.54, 1.807) is 0 Å². The summed E-state index contributed by atoms with van der Waals surface area (Å²) >= 11 is 0. The number of likely N-dealkylation sites (N-methyl/N-ethyl adjacent to an activating group) is 1.